The molecule has 0 bridgehead atoms. The van der Waals surface area contributed by atoms with Crippen LogP contribution in [0, 0.1) is 0 Å². The molecule has 6 heteroatoms. The van der Waals surface area contributed by atoms with Crippen molar-refractivity contribution in [1.82, 2.24) is 0 Å². The van der Waals surface area contributed by atoms with Crippen LogP contribution in [0.15, 0.2) is 0 Å². The summed E-state index contributed by atoms with van der Waals surface area (Å²) in [6.07, 6.45) is -2.03. The van der Waals surface area contributed by atoms with Gasteiger partial charge in [0.1, 0.15) is 18.1 Å². The van der Waals surface area contributed by atoms with Gasteiger partial charge in [-0.3, -0.25) is 0 Å². The van der Waals surface area contributed by atoms with Gasteiger partial charge in [0.15, 0.2) is 0 Å². The normalized spacial score (nSPS) is 18.4. The lowest BCUT2D eigenvalue weighted by Gasteiger charge is -2.08. The van der Waals surface area contributed by atoms with Crippen LogP contribution in [-0.4, -0.2) is 26.5 Å². The molecule has 0 N–H and O–H groups in total. The molecule has 0 aliphatic rings. The summed E-state index contributed by atoms with van der Waals surface area (Å²) in [6.45, 7) is -0.306. The first kappa shape index (κ1) is 10.1. The molecule has 0 aromatic carbocycles. The first-order valence-electron chi connectivity index (χ1n) is 2.53. The number of rotatable bonds is 3. The van der Waals surface area contributed by atoms with Gasteiger partial charge in [0.25, 0.3) is 0 Å². The minimum Gasteiger partial charge on any atom is -0.248 e. The Morgan fingerprint density at radius 2 is 2.00 bits per heavy atom. The fourth-order valence-corrected chi connectivity index (χ4v) is 1.06. The van der Waals surface area contributed by atoms with Gasteiger partial charge in [-0.1, -0.05) is 0 Å². The van der Waals surface area contributed by atoms with E-state index in [2.05, 4.69) is 0 Å². The molecular formula is C4H7ClF2O2S. The molecule has 0 aromatic heterocycles. The Hall–Kier alpha value is 0.1000. The van der Waals surface area contributed by atoms with Gasteiger partial charge in [-0.2, -0.15) is 0 Å². The molecule has 1 unspecified atom stereocenters. The van der Waals surface area contributed by atoms with E-state index in [1.807, 2.05) is 0 Å². The standard InChI is InChI=1S/C4H7ClF2O2S/c1-3(4(7)2-6)10(5,8)9/h3-4H,2H2,1H3/t3?,4-/m0/s1. The average Bonchev–Trinajstić information content (AvgIpc) is 1.83. The van der Waals surface area contributed by atoms with Crippen LogP contribution in [0.4, 0.5) is 8.78 Å². The van der Waals surface area contributed by atoms with Gasteiger partial charge in [-0.25, -0.2) is 17.2 Å². The van der Waals surface area contributed by atoms with E-state index in [0.717, 1.165) is 6.92 Å². The maximum atomic E-state index is 12.2. The topological polar surface area (TPSA) is 34.1 Å². The number of hydrogen-bond acceptors (Lipinski definition) is 2. The van der Waals surface area contributed by atoms with Crippen molar-refractivity contribution in [2.45, 2.75) is 18.3 Å². The van der Waals surface area contributed by atoms with Crippen molar-refractivity contribution in [2.24, 2.45) is 0 Å². The minimum atomic E-state index is -3.96. The van der Waals surface area contributed by atoms with E-state index in [-0.39, 0.29) is 0 Å². The fourth-order valence-electron chi connectivity index (χ4n) is 0.302. The lowest BCUT2D eigenvalue weighted by Crippen LogP contribution is -2.26. The van der Waals surface area contributed by atoms with E-state index in [4.69, 9.17) is 10.7 Å². The van der Waals surface area contributed by atoms with Gasteiger partial charge in [0, 0.05) is 10.7 Å². The van der Waals surface area contributed by atoms with Crippen molar-refractivity contribution in [2.75, 3.05) is 6.67 Å². The molecule has 0 rings (SSSR count). The minimum absolute atomic E-state index is 1.02. The summed E-state index contributed by atoms with van der Waals surface area (Å²) < 4.78 is 44.2. The summed E-state index contributed by atoms with van der Waals surface area (Å²) in [7, 11) is 0.766. The third-order valence-corrected chi connectivity index (χ3v) is 3.13. The molecular weight excluding hydrogens is 186 g/mol. The van der Waals surface area contributed by atoms with E-state index in [0.29, 0.717) is 0 Å². The van der Waals surface area contributed by atoms with E-state index >= 15 is 0 Å². The zero-order valence-electron chi connectivity index (χ0n) is 5.22. The lowest BCUT2D eigenvalue weighted by molar-refractivity contribution is 0.257. The van der Waals surface area contributed by atoms with Gasteiger partial charge >= 0.3 is 0 Å². The van der Waals surface area contributed by atoms with Gasteiger partial charge in [0.05, 0.1) is 0 Å². The second kappa shape index (κ2) is 3.48. The Labute approximate surface area is 62.6 Å². The molecule has 2 nitrogen and oxygen atoms in total. The molecule has 2 atom stereocenters. The van der Waals surface area contributed by atoms with Gasteiger partial charge < -0.3 is 0 Å². The van der Waals surface area contributed by atoms with Crippen molar-refractivity contribution < 1.29 is 17.2 Å². The summed E-state index contributed by atoms with van der Waals surface area (Å²) in [4.78, 5) is 0. The third kappa shape index (κ3) is 2.79. The van der Waals surface area contributed by atoms with Crippen LogP contribution in [0.3, 0.4) is 0 Å². The number of alkyl halides is 2. The van der Waals surface area contributed by atoms with Crippen LogP contribution >= 0.6 is 10.7 Å². The molecule has 0 aliphatic heterocycles. The van der Waals surface area contributed by atoms with Gasteiger partial charge in [-0.05, 0) is 6.92 Å². The van der Waals surface area contributed by atoms with Crippen molar-refractivity contribution in [3.63, 3.8) is 0 Å². The number of hydrogen-bond donors (Lipinski definition) is 0. The van der Waals surface area contributed by atoms with Crippen molar-refractivity contribution in [3.8, 4) is 0 Å². The molecule has 62 valence electrons. The summed E-state index contributed by atoms with van der Waals surface area (Å²) >= 11 is 0. The third-order valence-electron chi connectivity index (χ3n) is 1.10. The predicted octanol–water partition coefficient (Wildman–Crippen LogP) is 1.25. The van der Waals surface area contributed by atoms with E-state index in [9.17, 15) is 17.2 Å². The molecule has 0 heterocycles. The first-order chi connectivity index (χ1) is 4.39. The Kier molecular flexibility index (Phi) is 3.51. The first-order valence-corrected chi connectivity index (χ1v) is 4.90. The zero-order valence-corrected chi connectivity index (χ0v) is 6.79. The molecule has 0 amide bonds. The molecule has 0 radical (unpaired) electrons. The summed E-state index contributed by atoms with van der Waals surface area (Å²) in [5.41, 5.74) is 0. The molecule has 0 aliphatic carbocycles. The van der Waals surface area contributed by atoms with Crippen LogP contribution in [0.2, 0.25) is 0 Å². The Balaban J connectivity index is 4.23. The monoisotopic (exact) mass is 192 g/mol. The molecule has 10 heavy (non-hydrogen) atoms. The molecule has 0 aromatic rings. The van der Waals surface area contributed by atoms with Crippen LogP contribution in [-0.2, 0) is 9.05 Å². The highest BCUT2D eigenvalue weighted by Gasteiger charge is 2.27. The second-order valence-corrected chi connectivity index (χ2v) is 4.84. The highest BCUT2D eigenvalue weighted by molar-refractivity contribution is 8.14. The van der Waals surface area contributed by atoms with Gasteiger partial charge in [-0.15, -0.1) is 0 Å². The highest BCUT2D eigenvalue weighted by Crippen LogP contribution is 2.13. The summed E-state index contributed by atoms with van der Waals surface area (Å²) in [5, 5.41) is -1.47. The maximum Gasteiger partial charge on any atom is 0.238 e. The molecule has 0 saturated carbocycles. The summed E-state index contributed by atoms with van der Waals surface area (Å²) in [5.74, 6) is 0. The molecule has 0 saturated heterocycles. The smallest absolute Gasteiger partial charge is 0.238 e. The van der Waals surface area contributed by atoms with Crippen molar-refractivity contribution in [3.05, 3.63) is 0 Å². The summed E-state index contributed by atoms with van der Waals surface area (Å²) in [6, 6.07) is 0. The molecule has 0 fully saturated rings. The van der Waals surface area contributed by atoms with Gasteiger partial charge in [0.2, 0.25) is 9.05 Å². The zero-order chi connectivity index (χ0) is 8.36. The van der Waals surface area contributed by atoms with Crippen molar-refractivity contribution >= 4 is 19.7 Å². The van der Waals surface area contributed by atoms with Crippen LogP contribution in [0.1, 0.15) is 6.92 Å². The quantitative estimate of drug-likeness (QED) is 0.631. The molecule has 0 spiro atoms. The predicted molar refractivity (Wildman–Crippen MR) is 35.1 cm³/mol. The fraction of sp³-hybridized carbons (Fsp3) is 1.00. The second-order valence-electron chi connectivity index (χ2n) is 1.85. The lowest BCUT2D eigenvalue weighted by atomic mass is 10.3. The largest absolute Gasteiger partial charge is 0.248 e. The Morgan fingerprint density at radius 3 is 2.10 bits per heavy atom. The van der Waals surface area contributed by atoms with Crippen LogP contribution in [0.5, 0.6) is 0 Å². The van der Waals surface area contributed by atoms with Crippen molar-refractivity contribution in [1.29, 1.82) is 0 Å². The SMILES string of the molecule is CC([C@@H](F)CF)S(=O)(=O)Cl. The van der Waals surface area contributed by atoms with E-state index < -0.39 is 27.1 Å². The van der Waals surface area contributed by atoms with Crippen LogP contribution < -0.4 is 0 Å². The maximum absolute atomic E-state index is 12.2. The Bertz CT molecular complexity index is 191. The highest BCUT2D eigenvalue weighted by atomic mass is 35.7. The van der Waals surface area contributed by atoms with Crippen LogP contribution in [0.25, 0.3) is 0 Å². The Morgan fingerprint density at radius 1 is 1.60 bits per heavy atom. The number of halogens is 3. The van der Waals surface area contributed by atoms with E-state index in [1.165, 1.54) is 0 Å². The van der Waals surface area contributed by atoms with E-state index in [1.54, 1.807) is 0 Å². The average molecular weight is 193 g/mol.